The van der Waals surface area contributed by atoms with Gasteiger partial charge < -0.3 is 9.64 Å². The summed E-state index contributed by atoms with van der Waals surface area (Å²) in [4.78, 5) is 25.5. The molecule has 4 rings (SSSR count). The Bertz CT molecular complexity index is 1050. The molecule has 3 heterocycles. The molecule has 1 saturated heterocycles. The van der Waals surface area contributed by atoms with Crippen LogP contribution in [0.3, 0.4) is 0 Å². The smallest absolute Gasteiger partial charge is 0.251 e. The van der Waals surface area contributed by atoms with Gasteiger partial charge in [-0.3, -0.25) is 14.9 Å². The van der Waals surface area contributed by atoms with Crippen LogP contribution in [0.4, 0.5) is 0 Å². The zero-order chi connectivity index (χ0) is 21.1. The fourth-order valence-corrected chi connectivity index (χ4v) is 4.10. The van der Waals surface area contributed by atoms with Crippen molar-refractivity contribution in [3.8, 4) is 17.0 Å². The van der Waals surface area contributed by atoms with E-state index >= 15 is 0 Å². The molecule has 0 radical (unpaired) electrons. The molecule has 1 unspecified atom stereocenters. The fourth-order valence-electron chi connectivity index (χ4n) is 3.34. The summed E-state index contributed by atoms with van der Waals surface area (Å²) < 4.78 is 7.54. The number of aromatic nitrogens is 3. The quantitative estimate of drug-likeness (QED) is 0.544. The summed E-state index contributed by atoms with van der Waals surface area (Å²) >= 11 is 1.52. The Balaban J connectivity index is 0.00000272. The molecule has 31 heavy (non-hydrogen) atoms. The average molecular weight is 462 g/mol. The number of hydrogen-bond donors (Lipinski definition) is 1. The molecule has 1 N–H and O–H groups in total. The van der Waals surface area contributed by atoms with Crippen molar-refractivity contribution in [2.45, 2.75) is 32.0 Å². The Morgan fingerprint density at radius 1 is 1.19 bits per heavy atom. The highest BCUT2D eigenvalue weighted by Crippen LogP contribution is 2.33. The van der Waals surface area contributed by atoms with Crippen molar-refractivity contribution in [3.63, 3.8) is 0 Å². The predicted octanol–water partition coefficient (Wildman–Crippen LogP) is 3.05. The van der Waals surface area contributed by atoms with Gasteiger partial charge in [0.1, 0.15) is 24.1 Å². The van der Waals surface area contributed by atoms with Crippen LogP contribution in [-0.2, 0) is 22.7 Å². The third kappa shape index (κ3) is 5.49. The molecule has 1 atom stereocenters. The Morgan fingerprint density at radius 2 is 1.94 bits per heavy atom. The number of benzene rings is 1. The second-order valence-corrected chi connectivity index (χ2v) is 8.29. The van der Waals surface area contributed by atoms with Crippen LogP contribution in [0.5, 0.6) is 5.75 Å². The first-order chi connectivity index (χ1) is 14.5. The predicted molar refractivity (Wildman–Crippen MR) is 120 cm³/mol. The Morgan fingerprint density at radius 3 is 2.65 bits per heavy atom. The maximum atomic E-state index is 12.1. The molecule has 1 aromatic carbocycles. The van der Waals surface area contributed by atoms with Gasteiger partial charge in [0.25, 0.3) is 5.91 Å². The number of hydrogen-bond acceptors (Lipinski definition) is 7. The lowest BCUT2D eigenvalue weighted by Crippen LogP contribution is -2.41. The van der Waals surface area contributed by atoms with Crippen LogP contribution in [0.15, 0.2) is 41.2 Å². The topological polar surface area (TPSA) is 89.4 Å². The summed E-state index contributed by atoms with van der Waals surface area (Å²) in [6.45, 7) is 1.35. The molecule has 1 aliphatic heterocycles. The van der Waals surface area contributed by atoms with E-state index in [0.717, 1.165) is 23.4 Å². The van der Waals surface area contributed by atoms with E-state index in [1.807, 2.05) is 24.9 Å². The van der Waals surface area contributed by atoms with Gasteiger partial charge in [0.15, 0.2) is 0 Å². The van der Waals surface area contributed by atoms with Gasteiger partial charge in [-0.05, 0) is 31.6 Å². The number of piperidine rings is 1. The van der Waals surface area contributed by atoms with E-state index in [2.05, 4.69) is 44.8 Å². The molecular weight excluding hydrogens is 438 g/mol. The van der Waals surface area contributed by atoms with Crippen LogP contribution in [-0.4, -0.2) is 45.8 Å². The minimum atomic E-state index is -0.521. The molecule has 164 valence electrons. The minimum Gasteiger partial charge on any atom is -0.487 e. The van der Waals surface area contributed by atoms with Crippen LogP contribution < -0.4 is 10.1 Å². The van der Waals surface area contributed by atoms with E-state index in [-0.39, 0.29) is 24.2 Å². The van der Waals surface area contributed by atoms with E-state index in [1.165, 1.54) is 21.6 Å². The van der Waals surface area contributed by atoms with Crippen LogP contribution in [0, 0.1) is 0 Å². The first kappa shape index (κ1) is 22.9. The summed E-state index contributed by atoms with van der Waals surface area (Å²) in [5.41, 5.74) is 3.81. The van der Waals surface area contributed by atoms with E-state index in [4.69, 9.17) is 4.74 Å². The second kappa shape index (κ2) is 10.0. The van der Waals surface area contributed by atoms with Crippen LogP contribution in [0.25, 0.3) is 11.3 Å². The number of imide groups is 1. The van der Waals surface area contributed by atoms with Crippen LogP contribution in [0.1, 0.15) is 30.0 Å². The number of carbonyl (C=O) groups excluding carboxylic acids is 2. The lowest BCUT2D eigenvalue weighted by atomic mass is 10.1. The highest BCUT2D eigenvalue weighted by Gasteiger charge is 2.29. The first-order valence-corrected chi connectivity index (χ1v) is 10.6. The molecule has 1 fully saturated rings. The highest BCUT2D eigenvalue weighted by molar-refractivity contribution is 7.08. The summed E-state index contributed by atoms with van der Waals surface area (Å²) in [5.74, 6) is 0.134. The monoisotopic (exact) mass is 461 g/mol. The maximum absolute atomic E-state index is 12.1. The van der Waals surface area contributed by atoms with E-state index < -0.39 is 6.04 Å². The molecule has 8 nitrogen and oxygen atoms in total. The minimum absolute atomic E-state index is 0. The van der Waals surface area contributed by atoms with Gasteiger partial charge in [0, 0.05) is 23.7 Å². The fraction of sp³-hybridized carbons (Fsp3) is 0.333. The van der Waals surface area contributed by atoms with Crippen molar-refractivity contribution < 1.29 is 14.3 Å². The number of rotatable bonds is 7. The summed E-state index contributed by atoms with van der Waals surface area (Å²) in [5, 5.41) is 14.5. The normalized spacial score (nSPS) is 16.2. The number of nitrogens with one attached hydrogen (secondary N) is 1. The van der Waals surface area contributed by atoms with E-state index in [1.54, 1.807) is 6.20 Å². The zero-order valence-electron chi connectivity index (χ0n) is 17.3. The largest absolute Gasteiger partial charge is 0.487 e. The third-order valence-corrected chi connectivity index (χ3v) is 5.58. The average Bonchev–Trinajstić information content (AvgIpc) is 3.36. The molecule has 0 saturated carbocycles. The molecule has 1 aliphatic rings. The van der Waals surface area contributed by atoms with Crippen molar-refractivity contribution >= 4 is 35.6 Å². The summed E-state index contributed by atoms with van der Waals surface area (Å²) in [7, 11) is 4.09. The Labute approximate surface area is 190 Å². The van der Waals surface area contributed by atoms with Crippen molar-refractivity contribution in [1.82, 2.24) is 25.2 Å². The van der Waals surface area contributed by atoms with Crippen LogP contribution in [0.2, 0.25) is 0 Å². The van der Waals surface area contributed by atoms with Gasteiger partial charge in [0.2, 0.25) is 5.91 Å². The van der Waals surface area contributed by atoms with Crippen molar-refractivity contribution in [3.05, 3.63) is 52.3 Å². The SMILES string of the molecule is CN(C)Cc1ccc(COc2cscc2-c2cn(C3CCC(=O)NC3=O)nn2)cc1.Cl. The number of thiophene rings is 1. The molecule has 2 amide bonds. The summed E-state index contributed by atoms with van der Waals surface area (Å²) in [6.07, 6.45) is 2.45. The van der Waals surface area contributed by atoms with Gasteiger partial charge in [-0.1, -0.05) is 29.5 Å². The molecule has 3 aromatic rings. The zero-order valence-corrected chi connectivity index (χ0v) is 18.9. The number of ether oxygens (including phenoxy) is 1. The van der Waals surface area contributed by atoms with Crippen molar-refractivity contribution in [2.24, 2.45) is 0 Å². The van der Waals surface area contributed by atoms with Gasteiger partial charge in [-0.25, -0.2) is 4.68 Å². The Kier molecular flexibility index (Phi) is 7.42. The number of amides is 2. The number of halogens is 1. The highest BCUT2D eigenvalue weighted by atomic mass is 35.5. The lowest BCUT2D eigenvalue weighted by Gasteiger charge is -2.20. The van der Waals surface area contributed by atoms with E-state index in [0.29, 0.717) is 25.1 Å². The second-order valence-electron chi connectivity index (χ2n) is 7.54. The van der Waals surface area contributed by atoms with Crippen molar-refractivity contribution in [1.29, 1.82) is 0 Å². The van der Waals surface area contributed by atoms with E-state index in [9.17, 15) is 9.59 Å². The first-order valence-electron chi connectivity index (χ1n) is 9.67. The molecule has 10 heteroatoms. The van der Waals surface area contributed by atoms with Gasteiger partial charge in [-0.15, -0.1) is 28.8 Å². The Hall–Kier alpha value is -2.75. The standard InChI is InChI=1S/C21H23N5O3S.ClH/c1-25(2)9-14-3-5-15(6-4-14)11-29-19-13-30-12-16(19)17-10-26(24-23-17)18-7-8-20(27)22-21(18)28;/h3-6,10,12-13,18H,7-9,11H2,1-2H3,(H,22,27,28);1H. The van der Waals surface area contributed by atoms with Crippen molar-refractivity contribution in [2.75, 3.05) is 14.1 Å². The van der Waals surface area contributed by atoms with Gasteiger partial charge in [-0.2, -0.15) is 0 Å². The molecule has 0 spiro atoms. The van der Waals surface area contributed by atoms with Crippen LogP contribution >= 0.6 is 23.7 Å². The summed E-state index contributed by atoms with van der Waals surface area (Å²) in [6, 6.07) is 7.85. The molecule has 0 bridgehead atoms. The van der Waals surface area contributed by atoms with Gasteiger partial charge in [0.05, 0.1) is 11.8 Å². The third-order valence-electron chi connectivity index (χ3n) is 4.86. The lowest BCUT2D eigenvalue weighted by molar-refractivity contribution is -0.136. The number of carbonyl (C=O) groups is 2. The number of nitrogens with zero attached hydrogens (tertiary/aromatic N) is 4. The molecular formula is C21H24ClN5O3S. The van der Waals surface area contributed by atoms with Gasteiger partial charge >= 0.3 is 0 Å². The molecule has 0 aliphatic carbocycles. The molecule has 2 aromatic heterocycles. The maximum Gasteiger partial charge on any atom is 0.251 e.